The van der Waals surface area contributed by atoms with Crippen LogP contribution in [0.15, 0.2) is 22.7 Å². The van der Waals surface area contributed by atoms with E-state index < -0.39 is 6.43 Å². The van der Waals surface area contributed by atoms with Gasteiger partial charge in [-0.05, 0) is 18.1 Å². The van der Waals surface area contributed by atoms with Gasteiger partial charge in [-0.1, -0.05) is 28.1 Å². The molecule has 1 rings (SSSR count). The van der Waals surface area contributed by atoms with Crippen molar-refractivity contribution in [3.63, 3.8) is 0 Å². The maximum Gasteiger partial charge on any atom is 0.265 e. The van der Waals surface area contributed by atoms with Crippen LogP contribution in [0.2, 0.25) is 0 Å². The molecule has 0 saturated heterocycles. The second-order valence-electron chi connectivity index (χ2n) is 2.82. The monoisotopic (exact) mass is 262 g/mol. The Hall–Kier alpha value is -0.770. The number of rotatable bonds is 4. The molecule has 0 aliphatic rings. The Kier molecular flexibility index (Phi) is 4.20. The van der Waals surface area contributed by atoms with Crippen molar-refractivity contribution in [3.05, 3.63) is 33.8 Å². The lowest BCUT2D eigenvalue weighted by atomic mass is 10.0. The van der Waals surface area contributed by atoms with Gasteiger partial charge in [0.25, 0.3) is 6.43 Å². The van der Waals surface area contributed by atoms with E-state index in [1.165, 1.54) is 0 Å². The van der Waals surface area contributed by atoms with Crippen molar-refractivity contribution in [1.29, 1.82) is 0 Å². The molecule has 14 heavy (non-hydrogen) atoms. The highest BCUT2D eigenvalue weighted by Crippen LogP contribution is 2.30. The van der Waals surface area contributed by atoms with Crippen molar-refractivity contribution in [2.75, 3.05) is 0 Å². The predicted molar refractivity (Wildman–Crippen MR) is 53.5 cm³/mol. The van der Waals surface area contributed by atoms with E-state index in [1.807, 2.05) is 0 Å². The topological polar surface area (TPSA) is 17.1 Å². The number of halogens is 3. The van der Waals surface area contributed by atoms with E-state index in [-0.39, 0.29) is 12.0 Å². The van der Waals surface area contributed by atoms with Crippen LogP contribution in [0.3, 0.4) is 0 Å². The second-order valence-corrected chi connectivity index (χ2v) is 3.67. The molecule has 0 spiro atoms. The quantitative estimate of drug-likeness (QED) is 0.759. The third-order valence-corrected chi connectivity index (χ3v) is 2.58. The zero-order chi connectivity index (χ0) is 10.6. The first-order chi connectivity index (χ1) is 6.66. The summed E-state index contributed by atoms with van der Waals surface area (Å²) in [5, 5.41) is 0. The summed E-state index contributed by atoms with van der Waals surface area (Å²) < 4.78 is 25.6. The molecule has 1 aromatic rings. The van der Waals surface area contributed by atoms with E-state index in [1.54, 1.807) is 18.2 Å². The Morgan fingerprint density at radius 3 is 2.71 bits per heavy atom. The number of hydrogen-bond acceptors (Lipinski definition) is 1. The summed E-state index contributed by atoms with van der Waals surface area (Å²) in [7, 11) is 0. The summed E-state index contributed by atoms with van der Waals surface area (Å²) in [5.74, 6) is 0. The van der Waals surface area contributed by atoms with Crippen LogP contribution in [0, 0.1) is 0 Å². The molecule has 0 aliphatic heterocycles. The lowest BCUT2D eigenvalue weighted by molar-refractivity contribution is -0.107. The van der Waals surface area contributed by atoms with Gasteiger partial charge >= 0.3 is 0 Å². The maximum atomic E-state index is 12.6. The molecule has 0 fully saturated rings. The normalized spacial score (nSPS) is 10.6. The molecule has 0 saturated carbocycles. The molecule has 1 aromatic carbocycles. The molecule has 76 valence electrons. The zero-order valence-corrected chi connectivity index (χ0v) is 8.93. The first kappa shape index (κ1) is 11.3. The Labute approximate surface area is 89.3 Å². The smallest absolute Gasteiger partial charge is 0.265 e. The number of carbonyl (C=O) groups is 1. The first-order valence-corrected chi connectivity index (χ1v) is 4.95. The van der Waals surface area contributed by atoms with Crippen molar-refractivity contribution in [2.24, 2.45) is 0 Å². The van der Waals surface area contributed by atoms with Crippen LogP contribution >= 0.6 is 15.9 Å². The fourth-order valence-electron chi connectivity index (χ4n) is 1.26. The van der Waals surface area contributed by atoms with Gasteiger partial charge in [-0.25, -0.2) is 8.78 Å². The lowest BCUT2D eigenvalue weighted by Gasteiger charge is -2.09. The Bertz CT molecular complexity index is 326. The Balaban J connectivity index is 3.01. The number of alkyl halides is 2. The van der Waals surface area contributed by atoms with Crippen LogP contribution in [0.25, 0.3) is 0 Å². The SMILES string of the molecule is O=CCCc1cccc(Br)c1C(F)F. The van der Waals surface area contributed by atoms with Crippen molar-refractivity contribution in [3.8, 4) is 0 Å². The van der Waals surface area contributed by atoms with Gasteiger partial charge in [0.05, 0.1) is 0 Å². The number of aldehydes is 1. The molecule has 0 unspecified atom stereocenters. The molecule has 0 atom stereocenters. The van der Waals surface area contributed by atoms with Gasteiger partial charge < -0.3 is 4.79 Å². The van der Waals surface area contributed by atoms with Crippen molar-refractivity contribution < 1.29 is 13.6 Å². The highest BCUT2D eigenvalue weighted by molar-refractivity contribution is 9.10. The van der Waals surface area contributed by atoms with Gasteiger partial charge in [0.2, 0.25) is 0 Å². The predicted octanol–water partition coefficient (Wildman–Crippen LogP) is 3.52. The average molecular weight is 263 g/mol. The Morgan fingerprint density at radius 1 is 1.43 bits per heavy atom. The van der Waals surface area contributed by atoms with Gasteiger partial charge in [-0.15, -0.1) is 0 Å². The summed E-state index contributed by atoms with van der Waals surface area (Å²) in [5.41, 5.74) is 0.524. The van der Waals surface area contributed by atoms with E-state index in [2.05, 4.69) is 15.9 Å². The third-order valence-electron chi connectivity index (χ3n) is 1.89. The number of hydrogen-bond donors (Lipinski definition) is 0. The van der Waals surface area contributed by atoms with Crippen LogP contribution in [-0.2, 0) is 11.2 Å². The Morgan fingerprint density at radius 2 is 2.14 bits per heavy atom. The number of aryl methyl sites for hydroxylation is 1. The van der Waals surface area contributed by atoms with E-state index in [0.717, 1.165) is 6.29 Å². The second kappa shape index (κ2) is 5.20. The molecule has 0 radical (unpaired) electrons. The van der Waals surface area contributed by atoms with Crippen molar-refractivity contribution >= 4 is 22.2 Å². The highest BCUT2D eigenvalue weighted by atomic mass is 79.9. The fourth-order valence-corrected chi connectivity index (χ4v) is 1.84. The van der Waals surface area contributed by atoms with Gasteiger partial charge in [0.15, 0.2) is 0 Å². The molecular formula is C10H9BrF2O. The molecule has 0 heterocycles. The molecule has 0 bridgehead atoms. The summed E-state index contributed by atoms with van der Waals surface area (Å²) in [6.45, 7) is 0. The fraction of sp³-hybridized carbons (Fsp3) is 0.300. The third kappa shape index (κ3) is 2.61. The molecule has 0 aromatic heterocycles. The summed E-state index contributed by atoms with van der Waals surface area (Å²) in [6.07, 6.45) is -1.14. The van der Waals surface area contributed by atoms with E-state index in [4.69, 9.17) is 0 Å². The molecule has 0 amide bonds. The number of carbonyl (C=O) groups excluding carboxylic acids is 1. The number of benzene rings is 1. The van der Waals surface area contributed by atoms with E-state index in [9.17, 15) is 13.6 Å². The van der Waals surface area contributed by atoms with Crippen LogP contribution in [-0.4, -0.2) is 6.29 Å². The molecule has 4 heteroatoms. The van der Waals surface area contributed by atoms with Gasteiger partial charge in [0.1, 0.15) is 6.29 Å². The minimum Gasteiger partial charge on any atom is -0.303 e. The molecule has 0 N–H and O–H groups in total. The molecule has 1 nitrogen and oxygen atoms in total. The highest BCUT2D eigenvalue weighted by Gasteiger charge is 2.15. The first-order valence-electron chi connectivity index (χ1n) is 4.16. The maximum absolute atomic E-state index is 12.6. The lowest BCUT2D eigenvalue weighted by Crippen LogP contribution is -1.96. The van der Waals surface area contributed by atoms with Gasteiger partial charge in [-0.3, -0.25) is 0 Å². The average Bonchev–Trinajstić information content (AvgIpc) is 2.14. The summed E-state index contributed by atoms with van der Waals surface area (Å²) in [6, 6.07) is 4.89. The van der Waals surface area contributed by atoms with Crippen LogP contribution in [0.1, 0.15) is 24.0 Å². The van der Waals surface area contributed by atoms with Gasteiger partial charge in [0, 0.05) is 16.5 Å². The van der Waals surface area contributed by atoms with Crippen LogP contribution in [0.4, 0.5) is 8.78 Å². The molecule has 0 aliphatic carbocycles. The summed E-state index contributed by atoms with van der Waals surface area (Å²) in [4.78, 5) is 10.1. The van der Waals surface area contributed by atoms with Crippen LogP contribution < -0.4 is 0 Å². The minimum absolute atomic E-state index is 0.00523. The molecular weight excluding hydrogens is 254 g/mol. The summed E-state index contributed by atoms with van der Waals surface area (Å²) >= 11 is 3.07. The minimum atomic E-state index is -2.51. The van der Waals surface area contributed by atoms with E-state index >= 15 is 0 Å². The van der Waals surface area contributed by atoms with Crippen LogP contribution in [0.5, 0.6) is 0 Å². The van der Waals surface area contributed by atoms with E-state index in [0.29, 0.717) is 16.5 Å². The van der Waals surface area contributed by atoms with Crippen molar-refractivity contribution in [1.82, 2.24) is 0 Å². The van der Waals surface area contributed by atoms with Gasteiger partial charge in [-0.2, -0.15) is 0 Å². The van der Waals surface area contributed by atoms with Crippen molar-refractivity contribution in [2.45, 2.75) is 19.3 Å². The standard InChI is InChI=1S/C10H9BrF2O/c11-8-5-1-3-7(4-2-6-14)9(8)10(12)13/h1,3,5-6,10H,2,4H2. The largest absolute Gasteiger partial charge is 0.303 e. The zero-order valence-electron chi connectivity index (χ0n) is 7.34.